The van der Waals surface area contributed by atoms with Crippen LogP contribution in [0.25, 0.3) is 22.8 Å². The van der Waals surface area contributed by atoms with Crippen molar-refractivity contribution in [1.82, 2.24) is 0 Å². The van der Waals surface area contributed by atoms with Gasteiger partial charge in [-0.2, -0.15) is 0 Å². The Morgan fingerprint density at radius 1 is 0.653 bits per heavy atom. The van der Waals surface area contributed by atoms with Crippen molar-refractivity contribution in [2.45, 2.75) is 26.0 Å². The van der Waals surface area contributed by atoms with Crippen LogP contribution in [-0.4, -0.2) is 21.8 Å². The molecule has 240 valence electrons. The molecule has 2 aliphatic carbocycles. The van der Waals surface area contributed by atoms with Crippen LogP contribution in [0.3, 0.4) is 0 Å². The van der Waals surface area contributed by atoms with Gasteiger partial charge in [-0.15, -0.1) is 0 Å². The molecule has 0 heterocycles. The Hall–Kier alpha value is -5.70. The molecule has 0 spiro atoms. The maximum atomic E-state index is 14.3. The Morgan fingerprint density at radius 3 is 1.69 bits per heavy atom. The summed E-state index contributed by atoms with van der Waals surface area (Å²) in [6, 6.07) is 26.2. The van der Waals surface area contributed by atoms with E-state index in [1.165, 1.54) is 35.7 Å². The summed E-state index contributed by atoms with van der Waals surface area (Å²) in [7, 11) is 0. The maximum absolute atomic E-state index is 14.3. The topological polar surface area (TPSA) is 127 Å². The zero-order chi connectivity index (χ0) is 34.4. The van der Waals surface area contributed by atoms with Crippen molar-refractivity contribution >= 4 is 58.1 Å². The van der Waals surface area contributed by atoms with Crippen molar-refractivity contribution in [3.05, 3.63) is 155 Å². The minimum absolute atomic E-state index is 0.0403. The first-order valence-corrected chi connectivity index (χ1v) is 17.0. The average molecular weight is 679 g/mol. The highest BCUT2D eigenvalue weighted by Gasteiger charge is 2.39. The van der Waals surface area contributed by atoms with Gasteiger partial charge in [-0.1, -0.05) is 127 Å². The van der Waals surface area contributed by atoms with E-state index in [0.29, 0.717) is 9.79 Å². The Balaban J connectivity index is 1.29. The number of rotatable bonds is 7. The van der Waals surface area contributed by atoms with Crippen LogP contribution in [0.1, 0.15) is 49.4 Å². The third kappa shape index (κ3) is 5.65. The van der Waals surface area contributed by atoms with Crippen LogP contribution in [0.2, 0.25) is 0 Å². The van der Waals surface area contributed by atoms with E-state index in [1.54, 1.807) is 6.08 Å². The number of nitrogens with two attached hydrogens (primary N) is 2. The zero-order valence-corrected chi connectivity index (χ0v) is 27.8. The molecule has 7 rings (SSSR count). The first-order valence-electron chi connectivity index (χ1n) is 15.4. The molecule has 0 aliphatic heterocycles. The van der Waals surface area contributed by atoms with Crippen LogP contribution in [0, 0.1) is 0 Å². The number of benzene rings is 5. The Morgan fingerprint density at radius 2 is 1.16 bits per heavy atom. The lowest BCUT2D eigenvalue weighted by Gasteiger charge is -2.25. The smallest absolute Gasteiger partial charge is 0.202 e. The minimum Gasteiger partial charge on any atom is -0.507 e. The molecule has 5 aromatic carbocycles. The fourth-order valence-corrected chi connectivity index (χ4v) is 8.20. The highest BCUT2D eigenvalue weighted by atomic mass is 32.2. The van der Waals surface area contributed by atoms with Crippen molar-refractivity contribution < 1.29 is 19.8 Å². The second-order valence-electron chi connectivity index (χ2n) is 11.7. The van der Waals surface area contributed by atoms with Crippen LogP contribution >= 0.6 is 23.5 Å². The Labute approximate surface area is 292 Å². The van der Waals surface area contributed by atoms with Crippen molar-refractivity contribution in [3.63, 3.8) is 0 Å². The van der Waals surface area contributed by atoms with Crippen LogP contribution in [0.5, 0.6) is 11.5 Å². The molecular weight excluding hydrogens is 649 g/mol. The van der Waals surface area contributed by atoms with Gasteiger partial charge in [0.2, 0.25) is 5.78 Å². The van der Waals surface area contributed by atoms with Crippen LogP contribution in [-0.2, 0) is 0 Å². The summed E-state index contributed by atoms with van der Waals surface area (Å²) in [6.07, 6.45) is 8.57. The van der Waals surface area contributed by atoms with Crippen molar-refractivity contribution in [3.8, 4) is 22.6 Å². The number of phenolic OH excluding ortho intramolecular Hbond substituents is 2. The fraction of sp³-hybridized carbons (Fsp3) is 0.0244. The first-order chi connectivity index (χ1) is 23.7. The highest BCUT2D eigenvalue weighted by molar-refractivity contribution is 8.00. The van der Waals surface area contributed by atoms with E-state index >= 15 is 0 Å². The van der Waals surface area contributed by atoms with E-state index in [-0.39, 0.29) is 33.6 Å². The van der Waals surface area contributed by atoms with Gasteiger partial charge in [0.05, 0.1) is 33.6 Å². The van der Waals surface area contributed by atoms with Crippen molar-refractivity contribution in [2.75, 3.05) is 11.5 Å². The van der Waals surface area contributed by atoms with Crippen LogP contribution in [0.4, 0.5) is 11.4 Å². The summed E-state index contributed by atoms with van der Waals surface area (Å²) < 4.78 is 0. The zero-order valence-electron chi connectivity index (χ0n) is 26.2. The number of phenols is 2. The van der Waals surface area contributed by atoms with Gasteiger partial charge in [0.25, 0.3) is 0 Å². The standard InChI is InChI=1S/C41H30N2O4S2/c1-3-23-14-18-25(19-15-23)27-9-5-7-11-31(27)49-33-21-29(45)35-37(39(33)43)41(47)36-34(40(35)46)28(44)20-32(38(36)42)48-30-10-6-4-8-26(30)24-16-12-22(2)13-17-24/h3-12,14-21,44-45H,1-2,13,42-43H2. The molecule has 0 aromatic heterocycles. The second kappa shape index (κ2) is 12.7. The lowest BCUT2D eigenvalue weighted by atomic mass is 9.81. The fourth-order valence-electron chi connectivity index (χ4n) is 6.08. The van der Waals surface area contributed by atoms with E-state index in [0.717, 1.165) is 49.6 Å². The number of carbonyl (C=O) groups is 2. The lowest BCUT2D eigenvalue weighted by Crippen LogP contribution is -2.24. The van der Waals surface area contributed by atoms with Gasteiger partial charge in [0, 0.05) is 19.6 Å². The van der Waals surface area contributed by atoms with Crippen molar-refractivity contribution in [2.24, 2.45) is 0 Å². The number of aromatic hydroxyl groups is 2. The number of allylic oxidation sites excluding steroid dienone is 5. The lowest BCUT2D eigenvalue weighted by molar-refractivity contribution is 0.0975. The number of anilines is 2. The third-order valence-electron chi connectivity index (χ3n) is 8.59. The molecule has 0 bridgehead atoms. The summed E-state index contributed by atoms with van der Waals surface area (Å²) in [5, 5.41) is 22.4. The van der Waals surface area contributed by atoms with Gasteiger partial charge in [0.15, 0.2) is 5.78 Å². The Kier molecular flexibility index (Phi) is 8.28. The van der Waals surface area contributed by atoms with Gasteiger partial charge in [0.1, 0.15) is 11.5 Å². The maximum Gasteiger partial charge on any atom is 0.202 e. The van der Waals surface area contributed by atoms with E-state index < -0.39 is 23.1 Å². The normalized spacial score (nSPS) is 13.6. The number of nitrogen functional groups attached to an aromatic ring is 2. The summed E-state index contributed by atoms with van der Waals surface area (Å²) in [5.74, 6) is -2.19. The molecule has 6 nitrogen and oxygen atoms in total. The largest absolute Gasteiger partial charge is 0.507 e. The summed E-state index contributed by atoms with van der Waals surface area (Å²) in [4.78, 5) is 30.7. The summed E-state index contributed by atoms with van der Waals surface area (Å²) >= 11 is 2.56. The molecule has 0 saturated carbocycles. The molecule has 0 amide bonds. The molecule has 2 aliphatic rings. The van der Waals surface area contributed by atoms with Crippen molar-refractivity contribution in [1.29, 1.82) is 0 Å². The molecular formula is C41H30N2O4S2. The van der Waals surface area contributed by atoms with Gasteiger partial charge in [-0.25, -0.2) is 0 Å². The average Bonchev–Trinajstić information content (AvgIpc) is 3.11. The Bertz CT molecular complexity index is 2320. The monoisotopic (exact) mass is 678 g/mol. The molecule has 8 heteroatoms. The number of hydrogen-bond acceptors (Lipinski definition) is 8. The predicted molar refractivity (Wildman–Crippen MR) is 199 cm³/mol. The SMILES string of the molecule is C=Cc1ccc(-c2ccccc2Sc2cc(O)c3c(c2N)C(=O)c2c(N)c(Sc4ccccc4C4=CCC(=C)C=C4)cc(O)c2C3=O)cc1. The summed E-state index contributed by atoms with van der Waals surface area (Å²) in [6.45, 7) is 7.83. The molecule has 6 N–H and O–H groups in total. The number of hydrogen-bond donors (Lipinski definition) is 4. The van der Waals surface area contributed by atoms with E-state index in [1.807, 2.05) is 84.9 Å². The molecule has 0 saturated heterocycles. The number of fused-ring (bicyclic) bond motifs is 2. The van der Waals surface area contributed by atoms with E-state index in [4.69, 9.17) is 11.5 Å². The molecule has 5 aromatic rings. The molecule has 0 unspecified atom stereocenters. The molecule has 0 fully saturated rings. The second-order valence-corrected chi connectivity index (χ2v) is 13.8. The summed E-state index contributed by atoms with van der Waals surface area (Å²) in [5.41, 5.74) is 18.5. The van der Waals surface area contributed by atoms with Gasteiger partial charge in [-0.3, -0.25) is 9.59 Å². The van der Waals surface area contributed by atoms with Crippen LogP contribution < -0.4 is 11.5 Å². The van der Waals surface area contributed by atoms with Gasteiger partial charge >= 0.3 is 0 Å². The number of ketones is 2. The molecule has 49 heavy (non-hydrogen) atoms. The first kappa shape index (κ1) is 31.9. The quantitative estimate of drug-likeness (QED) is 0.0972. The van der Waals surface area contributed by atoms with E-state index in [2.05, 4.69) is 19.2 Å². The third-order valence-corrected chi connectivity index (χ3v) is 10.9. The van der Waals surface area contributed by atoms with Gasteiger partial charge < -0.3 is 21.7 Å². The number of carbonyl (C=O) groups excluding carboxylic acids is 2. The minimum atomic E-state index is -0.730. The van der Waals surface area contributed by atoms with E-state index in [9.17, 15) is 19.8 Å². The predicted octanol–water partition coefficient (Wildman–Crippen LogP) is 9.55. The molecule has 0 radical (unpaired) electrons. The molecule has 0 atom stereocenters. The van der Waals surface area contributed by atoms with Gasteiger partial charge in [-0.05, 0) is 58.5 Å². The highest BCUT2D eigenvalue weighted by Crippen LogP contribution is 2.49. The van der Waals surface area contributed by atoms with Crippen LogP contribution in [0.15, 0.2) is 141 Å².